The van der Waals surface area contributed by atoms with Crippen molar-refractivity contribution in [3.8, 4) is 5.69 Å². The number of carbonyl (C=O) groups excluding carboxylic acids is 1. The molecule has 1 N–H and O–H groups in total. The quantitative estimate of drug-likeness (QED) is 0.610. The zero-order chi connectivity index (χ0) is 22.4. The number of aryl methyl sites for hydroxylation is 1. The number of halogens is 1. The Labute approximate surface area is 191 Å². The number of anilines is 2. The molecule has 9 nitrogen and oxygen atoms in total. The Morgan fingerprint density at radius 3 is 2.62 bits per heavy atom. The van der Waals surface area contributed by atoms with E-state index in [0.717, 1.165) is 24.2 Å². The monoisotopic (exact) mass is 452 g/mol. The minimum atomic E-state index is -0.144. The number of hydrogen-bond acceptors (Lipinski definition) is 6. The second kappa shape index (κ2) is 8.05. The lowest BCUT2D eigenvalue weighted by molar-refractivity contribution is 0.229. The van der Waals surface area contributed by atoms with Crippen LogP contribution in [0.2, 0.25) is 5.02 Å². The third-order valence-electron chi connectivity index (χ3n) is 5.96. The summed E-state index contributed by atoms with van der Waals surface area (Å²) in [7, 11) is 1.82. The fraction of sp³-hybridized carbons (Fsp3) is 0.409. The lowest BCUT2D eigenvalue weighted by atomic mass is 10.2. The van der Waals surface area contributed by atoms with Gasteiger partial charge in [0.1, 0.15) is 5.82 Å². The summed E-state index contributed by atoms with van der Waals surface area (Å²) in [4.78, 5) is 34.3. The topological polar surface area (TPSA) is 92.1 Å². The van der Waals surface area contributed by atoms with E-state index in [9.17, 15) is 4.79 Å². The highest BCUT2D eigenvalue weighted by atomic mass is 35.5. The van der Waals surface area contributed by atoms with Crippen LogP contribution in [-0.2, 0) is 0 Å². The summed E-state index contributed by atoms with van der Waals surface area (Å²) in [5.41, 5.74) is 1.81. The number of nitrogens with one attached hydrogen (secondary N) is 1. The number of likely N-dealkylation sites (N-methyl/N-ethyl adjacent to an activating group) is 1. The Bertz CT molecular complexity index is 1140. The van der Waals surface area contributed by atoms with Crippen LogP contribution in [0, 0.1) is 12.8 Å². The molecule has 0 radical (unpaired) electrons. The van der Waals surface area contributed by atoms with Gasteiger partial charge in [-0.2, -0.15) is 15.0 Å². The summed E-state index contributed by atoms with van der Waals surface area (Å²) >= 11 is 5.98. The molecule has 0 spiro atoms. The Kier molecular flexibility index (Phi) is 5.21. The summed E-state index contributed by atoms with van der Waals surface area (Å²) in [6, 6.07) is 7.48. The number of hydrogen-bond donors (Lipinski definition) is 1. The molecule has 3 aromatic rings. The zero-order valence-corrected chi connectivity index (χ0v) is 19.0. The molecule has 2 aromatic heterocycles. The number of rotatable bonds is 6. The Hall–Kier alpha value is -3.20. The van der Waals surface area contributed by atoms with Crippen LogP contribution >= 0.6 is 11.6 Å². The average molecular weight is 453 g/mol. The van der Waals surface area contributed by atoms with Gasteiger partial charge in [-0.1, -0.05) is 11.6 Å². The maximum atomic E-state index is 12.8. The van der Waals surface area contributed by atoms with E-state index in [4.69, 9.17) is 11.6 Å². The van der Waals surface area contributed by atoms with E-state index in [1.807, 2.05) is 55.9 Å². The molecular weight excluding hydrogens is 428 g/mol. The van der Waals surface area contributed by atoms with Gasteiger partial charge in [-0.15, -0.1) is 0 Å². The molecule has 0 bridgehead atoms. The molecule has 10 heteroatoms. The third-order valence-corrected chi connectivity index (χ3v) is 6.21. The molecule has 1 aliphatic heterocycles. The van der Waals surface area contributed by atoms with E-state index < -0.39 is 0 Å². The van der Waals surface area contributed by atoms with E-state index in [1.54, 1.807) is 16.1 Å². The molecule has 2 fully saturated rings. The van der Waals surface area contributed by atoms with Crippen molar-refractivity contribution >= 4 is 29.5 Å². The first kappa shape index (κ1) is 20.7. The molecular formula is C22H25ClN8O. The lowest BCUT2D eigenvalue weighted by Gasteiger charge is -2.22. The maximum absolute atomic E-state index is 12.8. The van der Waals surface area contributed by atoms with Gasteiger partial charge >= 0.3 is 6.03 Å². The van der Waals surface area contributed by atoms with Gasteiger partial charge in [-0.25, -0.2) is 9.78 Å². The predicted octanol–water partition coefficient (Wildman–Crippen LogP) is 3.84. The molecule has 1 saturated carbocycles. The van der Waals surface area contributed by atoms with Crippen molar-refractivity contribution in [1.82, 2.24) is 29.4 Å². The van der Waals surface area contributed by atoms with Crippen LogP contribution in [0.25, 0.3) is 5.69 Å². The highest BCUT2D eigenvalue weighted by Crippen LogP contribution is 2.39. The summed E-state index contributed by atoms with van der Waals surface area (Å²) < 4.78 is 1.94. The number of amides is 2. The van der Waals surface area contributed by atoms with Gasteiger partial charge in [-0.05, 0) is 56.9 Å². The lowest BCUT2D eigenvalue weighted by Crippen LogP contribution is -2.37. The van der Waals surface area contributed by atoms with Crippen molar-refractivity contribution in [3.63, 3.8) is 0 Å². The number of urea groups is 1. The van der Waals surface area contributed by atoms with Crippen LogP contribution in [0.15, 0.2) is 36.8 Å². The highest BCUT2D eigenvalue weighted by molar-refractivity contribution is 6.30. The van der Waals surface area contributed by atoms with E-state index in [2.05, 4.69) is 25.3 Å². The van der Waals surface area contributed by atoms with Crippen molar-refractivity contribution in [2.24, 2.45) is 5.92 Å². The molecule has 3 heterocycles. The summed E-state index contributed by atoms with van der Waals surface area (Å²) in [6.07, 6.45) is 6.01. The van der Waals surface area contributed by atoms with Crippen molar-refractivity contribution in [2.45, 2.75) is 38.8 Å². The normalized spacial score (nSPS) is 19.5. The SMILES string of the molecule is Cc1nc(N[C@@H](C)c2cn(-c3ccc(Cl)cc3)cn2)nc(N2C(=O)N(C)CC2C2CC2)n1. The number of aromatic nitrogens is 5. The minimum absolute atomic E-state index is 0.0618. The van der Waals surface area contributed by atoms with E-state index in [0.29, 0.717) is 35.2 Å². The van der Waals surface area contributed by atoms with Crippen molar-refractivity contribution in [2.75, 3.05) is 23.8 Å². The maximum Gasteiger partial charge on any atom is 0.327 e. The van der Waals surface area contributed by atoms with Gasteiger partial charge in [0.25, 0.3) is 0 Å². The van der Waals surface area contributed by atoms with Crippen LogP contribution in [-0.4, -0.2) is 55.1 Å². The fourth-order valence-electron chi connectivity index (χ4n) is 4.06. The molecule has 1 aromatic carbocycles. The second-order valence-corrected chi connectivity index (χ2v) is 8.93. The third kappa shape index (κ3) is 4.00. The second-order valence-electron chi connectivity index (χ2n) is 8.49. The number of nitrogens with zero attached hydrogens (tertiary/aromatic N) is 7. The number of benzene rings is 1. The van der Waals surface area contributed by atoms with Gasteiger partial charge in [-0.3, -0.25) is 4.90 Å². The number of imidazole rings is 1. The zero-order valence-electron chi connectivity index (χ0n) is 18.2. The van der Waals surface area contributed by atoms with Crippen LogP contribution in [0.5, 0.6) is 0 Å². The van der Waals surface area contributed by atoms with Crippen molar-refractivity contribution in [3.05, 3.63) is 53.3 Å². The van der Waals surface area contributed by atoms with Crippen molar-refractivity contribution < 1.29 is 4.79 Å². The molecule has 2 atom stereocenters. The van der Waals surface area contributed by atoms with E-state index >= 15 is 0 Å². The molecule has 2 aliphatic rings. The molecule has 1 unspecified atom stereocenters. The smallest absolute Gasteiger partial charge is 0.327 e. The van der Waals surface area contributed by atoms with Crippen LogP contribution in [0.3, 0.4) is 0 Å². The van der Waals surface area contributed by atoms with Gasteiger partial charge in [0.15, 0.2) is 0 Å². The van der Waals surface area contributed by atoms with Crippen LogP contribution in [0.4, 0.5) is 16.7 Å². The van der Waals surface area contributed by atoms with E-state index in [-0.39, 0.29) is 18.1 Å². The fourth-order valence-corrected chi connectivity index (χ4v) is 4.19. The van der Waals surface area contributed by atoms with Gasteiger partial charge < -0.3 is 14.8 Å². The molecule has 2 amide bonds. The minimum Gasteiger partial charge on any atom is -0.346 e. The van der Waals surface area contributed by atoms with Gasteiger partial charge in [0.2, 0.25) is 11.9 Å². The van der Waals surface area contributed by atoms with E-state index in [1.165, 1.54) is 0 Å². The highest BCUT2D eigenvalue weighted by Gasteiger charge is 2.46. The Morgan fingerprint density at radius 2 is 1.91 bits per heavy atom. The standard InChI is InChI=1S/C22H25ClN8O/c1-13(18-10-30(12-24-18)17-8-6-16(23)7-9-17)25-20-26-14(2)27-21(28-20)31-19(15-4-5-15)11-29(3)22(31)32/h6-10,12-13,15,19H,4-5,11H2,1-3H3,(H,25,26,27,28)/t13-,19?/m0/s1. The first-order chi connectivity index (χ1) is 15.4. The summed E-state index contributed by atoms with van der Waals surface area (Å²) in [6.45, 7) is 4.51. The van der Waals surface area contributed by atoms with Crippen LogP contribution in [0.1, 0.15) is 37.3 Å². The first-order valence-corrected chi connectivity index (χ1v) is 11.1. The summed E-state index contributed by atoms with van der Waals surface area (Å²) in [5.74, 6) is 1.92. The molecule has 1 aliphatic carbocycles. The van der Waals surface area contributed by atoms with Crippen molar-refractivity contribution in [1.29, 1.82) is 0 Å². The van der Waals surface area contributed by atoms with Crippen LogP contribution < -0.4 is 10.2 Å². The first-order valence-electron chi connectivity index (χ1n) is 10.7. The summed E-state index contributed by atoms with van der Waals surface area (Å²) in [5, 5.41) is 4.00. The average Bonchev–Trinajstić information content (AvgIpc) is 3.40. The molecule has 32 heavy (non-hydrogen) atoms. The molecule has 5 rings (SSSR count). The Morgan fingerprint density at radius 1 is 1.16 bits per heavy atom. The van der Waals surface area contributed by atoms with Gasteiger partial charge in [0.05, 0.1) is 24.1 Å². The molecule has 166 valence electrons. The largest absolute Gasteiger partial charge is 0.346 e. The Balaban J connectivity index is 1.36. The predicted molar refractivity (Wildman–Crippen MR) is 122 cm³/mol. The number of carbonyl (C=O) groups is 1. The van der Waals surface area contributed by atoms with Gasteiger partial charge in [0, 0.05) is 30.5 Å². The molecule has 1 saturated heterocycles.